The summed E-state index contributed by atoms with van der Waals surface area (Å²) >= 11 is 0. The molecule has 2 rings (SSSR count). The minimum Gasteiger partial charge on any atom is -0.370 e. The number of nitrogens with one attached hydrogen (secondary N) is 1. The first-order chi connectivity index (χ1) is 11.2. The van der Waals surface area contributed by atoms with Crippen molar-refractivity contribution >= 4 is 17.8 Å². The molecule has 1 saturated heterocycles. The predicted octanol–water partition coefficient (Wildman–Crippen LogP) is 1.36. The van der Waals surface area contributed by atoms with Gasteiger partial charge in [-0.05, 0) is 44.5 Å². The van der Waals surface area contributed by atoms with Crippen molar-refractivity contribution in [2.24, 2.45) is 4.99 Å². The van der Waals surface area contributed by atoms with Gasteiger partial charge in [0.05, 0.1) is 12.2 Å². The van der Waals surface area contributed by atoms with Gasteiger partial charge in [0.1, 0.15) is 17.9 Å². The number of piperidine rings is 1. The molecule has 1 unspecified atom stereocenters. The Labute approximate surface area is 136 Å². The number of allylic oxidation sites excluding steroid dienone is 1. The Balaban J connectivity index is 1.85. The van der Waals surface area contributed by atoms with Gasteiger partial charge < -0.3 is 10.1 Å². The van der Waals surface area contributed by atoms with Crippen LogP contribution in [0.25, 0.3) is 0 Å². The Kier molecular flexibility index (Phi) is 6.63. The average molecular weight is 317 g/mol. The lowest BCUT2D eigenvalue weighted by Gasteiger charge is -2.26. The number of Topliss-reactive ketones (excluding diaryl/α,β-unsaturated/α-hetero) is 2. The molecule has 1 N–H and O–H groups in total. The van der Waals surface area contributed by atoms with E-state index in [1.165, 1.54) is 0 Å². The summed E-state index contributed by atoms with van der Waals surface area (Å²) in [6, 6.07) is 1.96. The minimum atomic E-state index is -0.963. The molecule has 0 aromatic rings. The lowest BCUT2D eigenvalue weighted by Crippen LogP contribution is -2.39. The lowest BCUT2D eigenvalue weighted by atomic mass is 9.88. The van der Waals surface area contributed by atoms with Crippen molar-refractivity contribution in [3.05, 3.63) is 12.2 Å². The van der Waals surface area contributed by atoms with Gasteiger partial charge in [-0.3, -0.25) is 14.6 Å². The maximum atomic E-state index is 12.6. The number of carbonyl (C=O) groups is 2. The van der Waals surface area contributed by atoms with Gasteiger partial charge in [0.2, 0.25) is 0 Å². The van der Waals surface area contributed by atoms with Crippen LogP contribution in [0.15, 0.2) is 17.1 Å². The molecule has 0 saturated carbocycles. The van der Waals surface area contributed by atoms with Gasteiger partial charge in [-0.2, -0.15) is 5.26 Å². The van der Waals surface area contributed by atoms with Crippen LogP contribution in [0.1, 0.15) is 38.5 Å². The molecular formula is C17H23N3O3. The third-order valence-electron chi connectivity index (χ3n) is 4.28. The summed E-state index contributed by atoms with van der Waals surface area (Å²) in [5.74, 6) is -0.109. The molecule has 2 aliphatic rings. The fourth-order valence-electron chi connectivity index (χ4n) is 2.80. The summed E-state index contributed by atoms with van der Waals surface area (Å²) < 4.78 is 5.73. The van der Waals surface area contributed by atoms with Gasteiger partial charge in [-0.1, -0.05) is 0 Å². The second kappa shape index (κ2) is 8.70. The predicted molar refractivity (Wildman–Crippen MR) is 86.3 cm³/mol. The third-order valence-corrected chi connectivity index (χ3v) is 4.28. The van der Waals surface area contributed by atoms with Crippen molar-refractivity contribution in [2.45, 2.75) is 50.2 Å². The number of hydrogen-bond donors (Lipinski definition) is 1. The molecule has 1 atom stereocenters. The normalized spacial score (nSPS) is 23.8. The molecule has 2 aliphatic heterocycles. The molecule has 2 heterocycles. The topological polar surface area (TPSA) is 91.5 Å². The minimum absolute atomic E-state index is 0.00602. The summed E-state index contributed by atoms with van der Waals surface area (Å²) in [6.45, 7) is 1.85. The van der Waals surface area contributed by atoms with E-state index in [1.807, 2.05) is 6.07 Å². The zero-order valence-corrected chi connectivity index (χ0v) is 13.3. The Hall–Kier alpha value is -1.84. The van der Waals surface area contributed by atoms with Crippen LogP contribution in [0.2, 0.25) is 0 Å². The van der Waals surface area contributed by atoms with E-state index in [9.17, 15) is 9.59 Å². The number of nitrogens with zero attached hydrogens (tertiary/aromatic N) is 2. The highest BCUT2D eigenvalue weighted by Gasteiger charge is 2.37. The molecule has 0 aromatic carbocycles. The van der Waals surface area contributed by atoms with Crippen LogP contribution >= 0.6 is 0 Å². The van der Waals surface area contributed by atoms with Crippen LogP contribution in [0.4, 0.5) is 0 Å². The van der Waals surface area contributed by atoms with E-state index >= 15 is 0 Å². The van der Waals surface area contributed by atoms with Crippen molar-refractivity contribution in [2.75, 3.05) is 19.7 Å². The molecule has 6 heteroatoms. The first kappa shape index (κ1) is 17.5. The first-order valence-corrected chi connectivity index (χ1v) is 8.13. The Morgan fingerprint density at radius 3 is 2.78 bits per heavy atom. The molecule has 124 valence electrons. The van der Waals surface area contributed by atoms with Crippen molar-refractivity contribution in [3.63, 3.8) is 0 Å². The SMILES string of the molecule is N#CCCC(=O)CCC1(C(=O)COC2CCNCC2)C=CC=N1. The van der Waals surface area contributed by atoms with E-state index in [2.05, 4.69) is 10.3 Å². The highest BCUT2D eigenvalue weighted by Crippen LogP contribution is 2.26. The summed E-state index contributed by atoms with van der Waals surface area (Å²) in [5, 5.41) is 11.8. The van der Waals surface area contributed by atoms with E-state index < -0.39 is 5.54 Å². The van der Waals surface area contributed by atoms with Crippen LogP contribution in [0.3, 0.4) is 0 Å². The average Bonchev–Trinajstić information content (AvgIpc) is 3.07. The van der Waals surface area contributed by atoms with Gasteiger partial charge in [-0.25, -0.2) is 0 Å². The zero-order valence-electron chi connectivity index (χ0n) is 13.3. The number of hydrogen-bond acceptors (Lipinski definition) is 6. The van der Waals surface area contributed by atoms with Crippen molar-refractivity contribution < 1.29 is 14.3 Å². The maximum absolute atomic E-state index is 12.6. The van der Waals surface area contributed by atoms with E-state index in [0.29, 0.717) is 6.42 Å². The third kappa shape index (κ3) is 5.08. The lowest BCUT2D eigenvalue weighted by molar-refractivity contribution is -0.130. The monoisotopic (exact) mass is 317 g/mol. The van der Waals surface area contributed by atoms with Gasteiger partial charge in [0, 0.05) is 25.5 Å². The summed E-state index contributed by atoms with van der Waals surface area (Å²) in [6.07, 6.45) is 8.07. The van der Waals surface area contributed by atoms with E-state index in [-0.39, 0.29) is 43.5 Å². The van der Waals surface area contributed by atoms with Gasteiger partial charge >= 0.3 is 0 Å². The summed E-state index contributed by atoms with van der Waals surface area (Å²) in [7, 11) is 0. The molecule has 1 fully saturated rings. The van der Waals surface area contributed by atoms with Crippen molar-refractivity contribution in [1.29, 1.82) is 5.26 Å². The van der Waals surface area contributed by atoms with Gasteiger partial charge in [0.15, 0.2) is 5.78 Å². The first-order valence-electron chi connectivity index (χ1n) is 8.13. The van der Waals surface area contributed by atoms with Gasteiger partial charge in [0.25, 0.3) is 0 Å². The molecule has 0 aliphatic carbocycles. The molecule has 0 radical (unpaired) electrons. The highest BCUT2D eigenvalue weighted by atomic mass is 16.5. The van der Waals surface area contributed by atoms with Crippen LogP contribution in [-0.2, 0) is 14.3 Å². The smallest absolute Gasteiger partial charge is 0.189 e. The zero-order chi connectivity index (χ0) is 16.5. The number of carbonyl (C=O) groups excluding carboxylic acids is 2. The molecule has 0 bridgehead atoms. The van der Waals surface area contributed by atoms with E-state index in [4.69, 9.17) is 10.00 Å². The Morgan fingerprint density at radius 2 is 2.13 bits per heavy atom. The maximum Gasteiger partial charge on any atom is 0.189 e. The van der Waals surface area contributed by atoms with Crippen LogP contribution in [0.5, 0.6) is 0 Å². The fraction of sp³-hybridized carbons (Fsp3) is 0.647. The number of ketones is 2. The largest absolute Gasteiger partial charge is 0.370 e. The van der Waals surface area contributed by atoms with Gasteiger partial charge in [-0.15, -0.1) is 0 Å². The van der Waals surface area contributed by atoms with E-state index in [0.717, 1.165) is 25.9 Å². The quantitative estimate of drug-likeness (QED) is 0.693. The van der Waals surface area contributed by atoms with Crippen molar-refractivity contribution in [3.8, 4) is 6.07 Å². The fourth-order valence-corrected chi connectivity index (χ4v) is 2.80. The number of nitriles is 1. The Bertz CT molecular complexity index is 516. The van der Waals surface area contributed by atoms with Crippen LogP contribution in [0, 0.1) is 11.3 Å². The number of ether oxygens (including phenoxy) is 1. The number of rotatable bonds is 9. The standard InChI is InChI=1S/C17H23N3O3/c18-9-1-3-14(21)4-8-17(7-2-10-20-17)16(22)13-23-15-5-11-19-12-6-15/h2,7,10,15,19H,1,3-6,8,11-13H2. The summed E-state index contributed by atoms with van der Waals surface area (Å²) in [4.78, 5) is 28.6. The molecular weight excluding hydrogens is 294 g/mol. The molecule has 23 heavy (non-hydrogen) atoms. The highest BCUT2D eigenvalue weighted by molar-refractivity contribution is 5.97. The second-order valence-electron chi connectivity index (χ2n) is 5.94. The second-order valence-corrected chi connectivity index (χ2v) is 5.94. The van der Waals surface area contributed by atoms with Crippen molar-refractivity contribution in [1.82, 2.24) is 5.32 Å². The molecule has 0 spiro atoms. The number of aliphatic imine (C=N–C) groups is 1. The molecule has 0 amide bonds. The van der Waals surface area contributed by atoms with Crippen LogP contribution < -0.4 is 5.32 Å². The molecule has 0 aromatic heterocycles. The Morgan fingerprint density at radius 1 is 1.35 bits per heavy atom. The summed E-state index contributed by atoms with van der Waals surface area (Å²) in [5.41, 5.74) is -0.963. The van der Waals surface area contributed by atoms with E-state index in [1.54, 1.807) is 18.4 Å². The van der Waals surface area contributed by atoms with Crippen LogP contribution in [-0.4, -0.2) is 49.1 Å². The molecule has 6 nitrogen and oxygen atoms in total.